The van der Waals surface area contributed by atoms with E-state index >= 15 is 0 Å². The van der Waals surface area contributed by atoms with Gasteiger partial charge in [0.15, 0.2) is 0 Å². The number of benzene rings is 3. The zero-order chi connectivity index (χ0) is 23.9. The lowest BCUT2D eigenvalue weighted by molar-refractivity contribution is 0.385. The molecule has 176 valence electrons. The number of halogens is 2. The van der Waals surface area contributed by atoms with Crippen LogP contribution in [-0.2, 0) is 16.6 Å². The lowest BCUT2D eigenvalue weighted by Crippen LogP contribution is -2.48. The van der Waals surface area contributed by atoms with E-state index in [4.69, 9.17) is 11.6 Å². The summed E-state index contributed by atoms with van der Waals surface area (Å²) < 4.78 is 43.5. The van der Waals surface area contributed by atoms with Crippen molar-refractivity contribution in [3.05, 3.63) is 92.8 Å². The van der Waals surface area contributed by atoms with Crippen LogP contribution in [0.3, 0.4) is 0 Å². The number of rotatable bonds is 5. The van der Waals surface area contributed by atoms with Gasteiger partial charge in [0.25, 0.3) is 0 Å². The first-order valence-electron chi connectivity index (χ1n) is 10.7. The molecule has 6 nitrogen and oxygen atoms in total. The van der Waals surface area contributed by atoms with Gasteiger partial charge in [-0.2, -0.15) is 4.31 Å². The van der Waals surface area contributed by atoms with E-state index in [1.165, 1.54) is 16.4 Å². The number of thiazole rings is 1. The summed E-state index contributed by atoms with van der Waals surface area (Å²) in [6.07, 6.45) is 0. The highest BCUT2D eigenvalue weighted by Crippen LogP contribution is 2.26. The SMILES string of the molecule is O=c1sc2cc(S(=O)(=O)N3CCN(c4ccc(F)cc4)CC3)ccc2n1Cc1ccc(Cl)cc1. The van der Waals surface area contributed by atoms with E-state index in [-0.39, 0.29) is 15.6 Å². The molecule has 3 aromatic carbocycles. The molecule has 2 heterocycles. The van der Waals surface area contributed by atoms with Crippen molar-refractivity contribution in [3.8, 4) is 0 Å². The van der Waals surface area contributed by atoms with Crippen LogP contribution >= 0.6 is 22.9 Å². The van der Waals surface area contributed by atoms with Crippen LogP contribution in [0.1, 0.15) is 5.56 Å². The summed E-state index contributed by atoms with van der Waals surface area (Å²) in [5.74, 6) is -0.301. The summed E-state index contributed by atoms with van der Waals surface area (Å²) in [6, 6.07) is 18.3. The van der Waals surface area contributed by atoms with E-state index in [0.29, 0.717) is 48.0 Å². The molecule has 1 aromatic heterocycles. The Labute approximate surface area is 205 Å². The zero-order valence-electron chi connectivity index (χ0n) is 18.0. The Balaban J connectivity index is 1.36. The van der Waals surface area contributed by atoms with Gasteiger partial charge in [0.05, 0.1) is 21.7 Å². The molecule has 5 rings (SSSR count). The molecular formula is C24H21ClFN3O3S2. The first-order valence-corrected chi connectivity index (χ1v) is 13.3. The van der Waals surface area contributed by atoms with Gasteiger partial charge in [0.1, 0.15) is 5.82 Å². The van der Waals surface area contributed by atoms with E-state index in [2.05, 4.69) is 0 Å². The maximum atomic E-state index is 13.3. The van der Waals surface area contributed by atoms with Crippen LogP contribution in [0.4, 0.5) is 10.1 Å². The summed E-state index contributed by atoms with van der Waals surface area (Å²) in [7, 11) is -3.71. The molecule has 0 N–H and O–H groups in total. The largest absolute Gasteiger partial charge is 0.369 e. The van der Waals surface area contributed by atoms with Gasteiger partial charge in [0.2, 0.25) is 10.0 Å². The minimum Gasteiger partial charge on any atom is -0.369 e. The number of sulfonamides is 1. The predicted octanol–water partition coefficient (Wildman–Crippen LogP) is 4.41. The molecule has 0 amide bonds. The van der Waals surface area contributed by atoms with Crippen molar-refractivity contribution in [2.24, 2.45) is 0 Å². The van der Waals surface area contributed by atoms with Gasteiger partial charge < -0.3 is 4.90 Å². The standard InChI is InChI=1S/C24H21ClFN3O3S2/c25-18-3-1-17(2-4-18)16-29-22-10-9-21(15-23(22)33-24(29)30)34(31,32)28-13-11-27(12-14-28)20-7-5-19(26)6-8-20/h1-10,15H,11-14,16H2. The maximum absolute atomic E-state index is 13.3. The maximum Gasteiger partial charge on any atom is 0.308 e. The number of aromatic nitrogens is 1. The van der Waals surface area contributed by atoms with Crippen molar-refractivity contribution >= 4 is 48.9 Å². The molecule has 10 heteroatoms. The number of piperazine rings is 1. The predicted molar refractivity (Wildman–Crippen MR) is 134 cm³/mol. The van der Waals surface area contributed by atoms with E-state index in [1.54, 1.807) is 47.0 Å². The molecule has 0 unspecified atom stereocenters. The molecule has 1 aliphatic rings. The molecule has 0 spiro atoms. The molecule has 0 atom stereocenters. The zero-order valence-corrected chi connectivity index (χ0v) is 20.4. The lowest BCUT2D eigenvalue weighted by atomic mass is 10.2. The van der Waals surface area contributed by atoms with Crippen LogP contribution in [0.5, 0.6) is 0 Å². The monoisotopic (exact) mass is 517 g/mol. The first-order chi connectivity index (χ1) is 16.3. The van der Waals surface area contributed by atoms with E-state index in [1.807, 2.05) is 17.0 Å². The average Bonchev–Trinajstić information content (AvgIpc) is 3.15. The molecule has 0 aliphatic carbocycles. The summed E-state index contributed by atoms with van der Waals surface area (Å²) in [4.78, 5) is 14.7. The van der Waals surface area contributed by atoms with Gasteiger partial charge in [0, 0.05) is 36.9 Å². The molecule has 0 radical (unpaired) electrons. The smallest absolute Gasteiger partial charge is 0.308 e. The number of hydrogen-bond acceptors (Lipinski definition) is 5. The normalized spacial score (nSPS) is 15.2. The third kappa shape index (κ3) is 4.48. The van der Waals surface area contributed by atoms with Crippen molar-refractivity contribution in [3.63, 3.8) is 0 Å². The van der Waals surface area contributed by atoms with E-state index in [9.17, 15) is 17.6 Å². The van der Waals surface area contributed by atoms with Crippen molar-refractivity contribution in [1.29, 1.82) is 0 Å². The molecular weight excluding hydrogens is 497 g/mol. The van der Waals surface area contributed by atoms with E-state index in [0.717, 1.165) is 22.6 Å². The highest BCUT2D eigenvalue weighted by molar-refractivity contribution is 7.89. The summed E-state index contributed by atoms with van der Waals surface area (Å²) >= 11 is 6.98. The number of anilines is 1. The second-order valence-corrected chi connectivity index (χ2v) is 11.4. The van der Waals surface area contributed by atoms with Crippen molar-refractivity contribution < 1.29 is 12.8 Å². The summed E-state index contributed by atoms with van der Waals surface area (Å²) in [5.41, 5.74) is 2.50. The second-order valence-electron chi connectivity index (χ2n) is 8.08. The van der Waals surface area contributed by atoms with Gasteiger partial charge in [-0.3, -0.25) is 9.36 Å². The second kappa shape index (κ2) is 9.14. The fourth-order valence-electron chi connectivity index (χ4n) is 4.12. The Morgan fingerprint density at radius 2 is 1.59 bits per heavy atom. The van der Waals surface area contributed by atoms with Crippen molar-refractivity contribution in [2.45, 2.75) is 11.4 Å². The van der Waals surface area contributed by atoms with Gasteiger partial charge >= 0.3 is 4.87 Å². The quantitative estimate of drug-likeness (QED) is 0.393. The minimum absolute atomic E-state index is 0.146. The Bertz CT molecular complexity index is 1490. The molecule has 34 heavy (non-hydrogen) atoms. The Hall–Kier alpha value is -2.72. The number of nitrogens with zero attached hydrogens (tertiary/aromatic N) is 3. The topological polar surface area (TPSA) is 62.6 Å². The molecule has 0 bridgehead atoms. The van der Waals surface area contributed by atoms with Crippen LogP contribution in [0.15, 0.2) is 76.4 Å². The van der Waals surface area contributed by atoms with Crippen molar-refractivity contribution in [2.75, 3.05) is 31.1 Å². The van der Waals surface area contributed by atoms with Gasteiger partial charge in [-0.15, -0.1) is 0 Å². The molecule has 4 aromatic rings. The van der Waals surface area contributed by atoms with E-state index < -0.39 is 10.0 Å². The highest BCUT2D eigenvalue weighted by Gasteiger charge is 2.29. The number of hydrogen-bond donors (Lipinski definition) is 0. The Kier molecular flexibility index (Phi) is 6.20. The van der Waals surface area contributed by atoms with Crippen LogP contribution in [0.2, 0.25) is 5.02 Å². The van der Waals surface area contributed by atoms with Gasteiger partial charge in [-0.1, -0.05) is 35.1 Å². The Morgan fingerprint density at radius 3 is 2.26 bits per heavy atom. The van der Waals surface area contributed by atoms with Crippen molar-refractivity contribution in [1.82, 2.24) is 8.87 Å². The Morgan fingerprint density at radius 1 is 0.912 bits per heavy atom. The van der Waals surface area contributed by atoms with Crippen LogP contribution < -0.4 is 9.77 Å². The van der Waals surface area contributed by atoms with Crippen LogP contribution in [0, 0.1) is 5.82 Å². The highest BCUT2D eigenvalue weighted by atomic mass is 35.5. The lowest BCUT2D eigenvalue weighted by Gasteiger charge is -2.35. The summed E-state index contributed by atoms with van der Waals surface area (Å²) in [6.45, 7) is 2.06. The third-order valence-corrected chi connectivity index (χ3v) is 9.05. The molecule has 0 saturated carbocycles. The summed E-state index contributed by atoms with van der Waals surface area (Å²) in [5, 5.41) is 0.625. The van der Waals surface area contributed by atoms with Gasteiger partial charge in [-0.05, 0) is 60.2 Å². The fourth-order valence-corrected chi connectivity index (χ4v) is 6.70. The fraction of sp³-hybridized carbons (Fsp3) is 0.208. The van der Waals surface area contributed by atoms with Gasteiger partial charge in [-0.25, -0.2) is 12.8 Å². The van der Waals surface area contributed by atoms with Crippen LogP contribution in [0.25, 0.3) is 10.2 Å². The minimum atomic E-state index is -3.71. The molecule has 1 aliphatic heterocycles. The third-order valence-electron chi connectivity index (χ3n) is 5.96. The molecule has 1 saturated heterocycles. The first kappa shape index (κ1) is 23.0. The van der Waals surface area contributed by atoms with Crippen LogP contribution in [-0.4, -0.2) is 43.5 Å². The average molecular weight is 518 g/mol. The molecule has 1 fully saturated rings. The number of fused-ring (bicyclic) bond motifs is 1.